The molecule has 2 aromatic rings. The summed E-state index contributed by atoms with van der Waals surface area (Å²) in [6, 6.07) is 15.7. The predicted octanol–water partition coefficient (Wildman–Crippen LogP) is 3.34. The van der Waals surface area contributed by atoms with Gasteiger partial charge >= 0.3 is 0 Å². The molecule has 0 aliphatic carbocycles. The standard InChI is InChI=1S/C20H21N3O3/c1-14(2)26-19-10-5-4-9-18(19)23(15(3)24)13-20(25)22-17-8-6-7-16(11-17)12-21/h4-11,14H,13H2,1-3H3,(H,22,25). The highest BCUT2D eigenvalue weighted by atomic mass is 16.5. The van der Waals surface area contributed by atoms with Crippen LogP contribution in [0.1, 0.15) is 26.3 Å². The largest absolute Gasteiger partial charge is 0.489 e. The molecule has 0 unspecified atom stereocenters. The van der Waals surface area contributed by atoms with E-state index in [2.05, 4.69) is 5.32 Å². The van der Waals surface area contributed by atoms with Gasteiger partial charge in [-0.3, -0.25) is 14.5 Å². The zero-order valence-electron chi connectivity index (χ0n) is 15.0. The van der Waals surface area contributed by atoms with E-state index in [0.717, 1.165) is 0 Å². The molecule has 6 nitrogen and oxygen atoms in total. The molecule has 0 radical (unpaired) electrons. The molecule has 0 aromatic heterocycles. The number of carbonyl (C=O) groups is 2. The minimum atomic E-state index is -0.366. The highest BCUT2D eigenvalue weighted by molar-refractivity contribution is 6.02. The first-order valence-corrected chi connectivity index (χ1v) is 8.24. The van der Waals surface area contributed by atoms with Crippen LogP contribution < -0.4 is 15.0 Å². The van der Waals surface area contributed by atoms with E-state index in [1.54, 1.807) is 42.5 Å². The molecule has 6 heteroatoms. The quantitative estimate of drug-likeness (QED) is 0.865. The van der Waals surface area contributed by atoms with Crippen LogP contribution in [-0.2, 0) is 9.59 Å². The smallest absolute Gasteiger partial charge is 0.244 e. The molecule has 0 saturated carbocycles. The van der Waals surface area contributed by atoms with E-state index in [-0.39, 0.29) is 24.5 Å². The minimum Gasteiger partial charge on any atom is -0.489 e. The van der Waals surface area contributed by atoms with E-state index in [1.165, 1.54) is 11.8 Å². The maximum atomic E-state index is 12.4. The van der Waals surface area contributed by atoms with Crippen molar-refractivity contribution in [2.45, 2.75) is 26.9 Å². The number of nitrogens with zero attached hydrogens (tertiary/aromatic N) is 2. The SMILES string of the molecule is CC(=O)N(CC(=O)Nc1cccc(C#N)c1)c1ccccc1OC(C)C. The lowest BCUT2D eigenvalue weighted by atomic mass is 10.2. The molecule has 0 bridgehead atoms. The fourth-order valence-electron chi connectivity index (χ4n) is 2.41. The summed E-state index contributed by atoms with van der Waals surface area (Å²) in [7, 11) is 0. The van der Waals surface area contributed by atoms with E-state index in [1.807, 2.05) is 26.0 Å². The van der Waals surface area contributed by atoms with Crippen LogP contribution in [0.15, 0.2) is 48.5 Å². The summed E-state index contributed by atoms with van der Waals surface area (Å²) < 4.78 is 5.74. The molecule has 0 atom stereocenters. The number of hydrogen-bond donors (Lipinski definition) is 1. The molecule has 134 valence electrons. The minimum absolute atomic E-state index is 0.0625. The zero-order valence-corrected chi connectivity index (χ0v) is 15.0. The second-order valence-electron chi connectivity index (χ2n) is 5.98. The van der Waals surface area contributed by atoms with Gasteiger partial charge in [0.05, 0.1) is 23.4 Å². The van der Waals surface area contributed by atoms with Crippen molar-refractivity contribution in [3.8, 4) is 11.8 Å². The van der Waals surface area contributed by atoms with Crippen LogP contribution >= 0.6 is 0 Å². The van der Waals surface area contributed by atoms with Crippen molar-refractivity contribution in [2.24, 2.45) is 0 Å². The molecule has 2 amide bonds. The number of anilines is 2. The summed E-state index contributed by atoms with van der Waals surface area (Å²) in [5.41, 5.74) is 1.49. The normalized spacial score (nSPS) is 10.1. The Labute approximate surface area is 153 Å². The van der Waals surface area contributed by atoms with Crippen LogP contribution in [0.25, 0.3) is 0 Å². The Morgan fingerprint density at radius 1 is 1.19 bits per heavy atom. The average Bonchev–Trinajstić information content (AvgIpc) is 2.60. The van der Waals surface area contributed by atoms with Crippen LogP contribution in [-0.4, -0.2) is 24.5 Å². The molecule has 0 heterocycles. The van der Waals surface area contributed by atoms with Gasteiger partial charge in [-0.2, -0.15) is 5.26 Å². The maximum Gasteiger partial charge on any atom is 0.244 e. The fraction of sp³-hybridized carbons (Fsp3) is 0.250. The molecular formula is C20H21N3O3. The second-order valence-corrected chi connectivity index (χ2v) is 5.98. The van der Waals surface area contributed by atoms with Crippen molar-refractivity contribution in [3.05, 3.63) is 54.1 Å². The Kier molecular flexibility index (Phi) is 6.34. The Bertz CT molecular complexity index is 840. The second kappa shape index (κ2) is 8.67. The molecule has 0 aliphatic rings. The maximum absolute atomic E-state index is 12.4. The van der Waals surface area contributed by atoms with Crippen LogP contribution in [0.3, 0.4) is 0 Å². The van der Waals surface area contributed by atoms with Crippen molar-refractivity contribution in [3.63, 3.8) is 0 Å². The zero-order chi connectivity index (χ0) is 19.1. The first-order valence-electron chi connectivity index (χ1n) is 8.24. The number of rotatable bonds is 6. The van der Waals surface area contributed by atoms with Gasteiger partial charge in [-0.05, 0) is 44.2 Å². The van der Waals surface area contributed by atoms with Gasteiger partial charge in [-0.1, -0.05) is 18.2 Å². The van der Waals surface area contributed by atoms with Gasteiger partial charge in [-0.25, -0.2) is 0 Å². The number of amides is 2. The lowest BCUT2D eigenvalue weighted by molar-refractivity contribution is -0.120. The van der Waals surface area contributed by atoms with E-state index in [4.69, 9.17) is 10.00 Å². The number of para-hydroxylation sites is 2. The fourth-order valence-corrected chi connectivity index (χ4v) is 2.41. The highest BCUT2D eigenvalue weighted by Crippen LogP contribution is 2.29. The van der Waals surface area contributed by atoms with Crippen molar-refractivity contribution < 1.29 is 14.3 Å². The number of carbonyl (C=O) groups excluding carboxylic acids is 2. The average molecular weight is 351 g/mol. The topological polar surface area (TPSA) is 82.4 Å². The van der Waals surface area contributed by atoms with Crippen LogP contribution in [0.4, 0.5) is 11.4 Å². The van der Waals surface area contributed by atoms with Crippen LogP contribution in [0.5, 0.6) is 5.75 Å². The van der Waals surface area contributed by atoms with Gasteiger partial charge in [-0.15, -0.1) is 0 Å². The highest BCUT2D eigenvalue weighted by Gasteiger charge is 2.20. The third-order valence-corrected chi connectivity index (χ3v) is 3.48. The molecular weight excluding hydrogens is 330 g/mol. The lowest BCUT2D eigenvalue weighted by Crippen LogP contribution is -2.37. The summed E-state index contributed by atoms with van der Waals surface area (Å²) in [6.45, 7) is 5.02. The molecule has 0 aliphatic heterocycles. The molecule has 0 fully saturated rings. The van der Waals surface area contributed by atoms with Crippen molar-refractivity contribution in [1.82, 2.24) is 0 Å². The Morgan fingerprint density at radius 3 is 2.58 bits per heavy atom. The van der Waals surface area contributed by atoms with E-state index >= 15 is 0 Å². The van der Waals surface area contributed by atoms with Gasteiger partial charge in [0.1, 0.15) is 12.3 Å². The summed E-state index contributed by atoms with van der Waals surface area (Å²) in [6.07, 6.45) is -0.0625. The lowest BCUT2D eigenvalue weighted by Gasteiger charge is -2.24. The van der Waals surface area contributed by atoms with Crippen molar-refractivity contribution in [1.29, 1.82) is 5.26 Å². The van der Waals surface area contributed by atoms with Crippen molar-refractivity contribution >= 4 is 23.2 Å². The number of benzene rings is 2. The molecule has 1 N–H and O–H groups in total. The molecule has 2 rings (SSSR count). The Morgan fingerprint density at radius 2 is 1.92 bits per heavy atom. The summed E-state index contributed by atoms with van der Waals surface area (Å²) in [4.78, 5) is 25.9. The third kappa shape index (κ3) is 5.08. The number of nitrogens with one attached hydrogen (secondary N) is 1. The summed E-state index contributed by atoms with van der Waals surface area (Å²) in [5.74, 6) is -0.0997. The van der Waals surface area contributed by atoms with Gasteiger partial charge in [0.15, 0.2) is 0 Å². The predicted molar refractivity (Wildman–Crippen MR) is 100 cm³/mol. The van der Waals surface area contributed by atoms with E-state index in [9.17, 15) is 9.59 Å². The third-order valence-electron chi connectivity index (χ3n) is 3.48. The van der Waals surface area contributed by atoms with Crippen LogP contribution in [0, 0.1) is 11.3 Å². The number of ether oxygens (including phenoxy) is 1. The molecule has 0 spiro atoms. The monoisotopic (exact) mass is 351 g/mol. The Balaban J connectivity index is 2.19. The van der Waals surface area contributed by atoms with Gasteiger partial charge < -0.3 is 10.1 Å². The molecule has 26 heavy (non-hydrogen) atoms. The molecule has 2 aromatic carbocycles. The first kappa shape index (κ1) is 19.0. The summed E-state index contributed by atoms with van der Waals surface area (Å²) in [5, 5.41) is 11.6. The number of nitriles is 1. The summed E-state index contributed by atoms with van der Waals surface area (Å²) >= 11 is 0. The number of hydrogen-bond acceptors (Lipinski definition) is 4. The molecule has 0 saturated heterocycles. The van der Waals surface area contributed by atoms with Gasteiger partial charge in [0, 0.05) is 12.6 Å². The van der Waals surface area contributed by atoms with E-state index in [0.29, 0.717) is 22.7 Å². The van der Waals surface area contributed by atoms with E-state index < -0.39 is 0 Å². The van der Waals surface area contributed by atoms with Gasteiger partial charge in [0.25, 0.3) is 0 Å². The van der Waals surface area contributed by atoms with Crippen LogP contribution in [0.2, 0.25) is 0 Å². The van der Waals surface area contributed by atoms with Gasteiger partial charge in [0.2, 0.25) is 11.8 Å². The van der Waals surface area contributed by atoms with Crippen molar-refractivity contribution in [2.75, 3.05) is 16.8 Å². The first-order chi connectivity index (χ1) is 12.4. The Hall–Kier alpha value is -3.33.